The minimum atomic E-state index is 0.0384. The first-order valence-electron chi connectivity index (χ1n) is 4.35. The number of hydrogen-bond acceptors (Lipinski definition) is 4. The van der Waals surface area contributed by atoms with Crippen LogP contribution in [0, 0.1) is 0 Å². The second kappa shape index (κ2) is 4.08. The van der Waals surface area contributed by atoms with E-state index in [0.717, 1.165) is 16.0 Å². The van der Waals surface area contributed by atoms with Gasteiger partial charge in [0.15, 0.2) is 12.1 Å². The topological polar surface area (TPSA) is 34.1 Å². The summed E-state index contributed by atoms with van der Waals surface area (Å²) in [6, 6.07) is 3.58. The fraction of sp³-hybridized carbons (Fsp3) is 0.0909. The molecule has 0 aliphatic heterocycles. The largest absolute Gasteiger partial charge is 0.298 e. The average Bonchev–Trinajstić information content (AvgIpc) is 2.85. The number of aldehydes is 1. The summed E-state index contributed by atoms with van der Waals surface area (Å²) in [5.74, 6) is 0.0384. The number of Topliss-reactive ketones (excluding diaryl/α,β-unsaturated/α-hetero) is 1. The molecule has 2 nitrogen and oxygen atoms in total. The lowest BCUT2D eigenvalue weighted by atomic mass is 10.1. The SMILES string of the molecule is CC(=O)c1ccsc1-c1sccc1C=O. The molecule has 2 heterocycles. The van der Waals surface area contributed by atoms with E-state index >= 15 is 0 Å². The Labute approximate surface area is 95.2 Å². The van der Waals surface area contributed by atoms with Gasteiger partial charge in [-0.15, -0.1) is 22.7 Å². The quantitative estimate of drug-likeness (QED) is 0.604. The van der Waals surface area contributed by atoms with E-state index in [9.17, 15) is 9.59 Å². The minimum Gasteiger partial charge on any atom is -0.298 e. The van der Waals surface area contributed by atoms with Crippen molar-refractivity contribution < 1.29 is 9.59 Å². The molecular formula is C11H8O2S2. The highest BCUT2D eigenvalue weighted by atomic mass is 32.1. The Morgan fingerprint density at radius 1 is 1.20 bits per heavy atom. The van der Waals surface area contributed by atoms with Gasteiger partial charge >= 0.3 is 0 Å². The molecule has 0 aromatic carbocycles. The third kappa shape index (κ3) is 1.78. The number of carbonyl (C=O) groups excluding carboxylic acids is 2. The first-order chi connectivity index (χ1) is 7.24. The first-order valence-corrected chi connectivity index (χ1v) is 6.11. The smallest absolute Gasteiger partial charge is 0.161 e. The summed E-state index contributed by atoms with van der Waals surface area (Å²) >= 11 is 2.99. The van der Waals surface area contributed by atoms with Crippen molar-refractivity contribution in [2.24, 2.45) is 0 Å². The number of thiophene rings is 2. The molecule has 0 atom stereocenters. The van der Waals surface area contributed by atoms with E-state index in [1.54, 1.807) is 19.1 Å². The van der Waals surface area contributed by atoms with E-state index in [4.69, 9.17) is 0 Å². The summed E-state index contributed by atoms with van der Waals surface area (Å²) in [6.45, 7) is 1.54. The molecule has 0 saturated carbocycles. The van der Waals surface area contributed by atoms with Gasteiger partial charge in [0, 0.05) is 11.1 Å². The van der Waals surface area contributed by atoms with Crippen molar-refractivity contribution >= 4 is 34.7 Å². The van der Waals surface area contributed by atoms with Gasteiger partial charge in [-0.1, -0.05) is 0 Å². The Morgan fingerprint density at radius 3 is 2.53 bits per heavy atom. The van der Waals surface area contributed by atoms with E-state index in [0.29, 0.717) is 11.1 Å². The molecule has 2 rings (SSSR count). The maximum Gasteiger partial charge on any atom is 0.161 e. The number of ketones is 1. The van der Waals surface area contributed by atoms with Crippen molar-refractivity contribution in [2.45, 2.75) is 6.92 Å². The van der Waals surface area contributed by atoms with E-state index < -0.39 is 0 Å². The minimum absolute atomic E-state index is 0.0384. The van der Waals surface area contributed by atoms with E-state index in [1.807, 2.05) is 10.8 Å². The molecule has 0 fully saturated rings. The lowest BCUT2D eigenvalue weighted by Gasteiger charge is -1.98. The van der Waals surface area contributed by atoms with Gasteiger partial charge < -0.3 is 0 Å². The van der Waals surface area contributed by atoms with Gasteiger partial charge in [-0.3, -0.25) is 9.59 Å². The summed E-state index contributed by atoms with van der Waals surface area (Å²) in [4.78, 5) is 23.9. The molecule has 0 bridgehead atoms. The third-order valence-electron chi connectivity index (χ3n) is 2.07. The molecule has 0 aliphatic carbocycles. The molecule has 0 aliphatic rings. The van der Waals surface area contributed by atoms with E-state index in [2.05, 4.69) is 0 Å². The zero-order chi connectivity index (χ0) is 10.8. The van der Waals surface area contributed by atoms with Crippen LogP contribution in [-0.2, 0) is 0 Å². The highest BCUT2D eigenvalue weighted by Crippen LogP contribution is 2.35. The molecule has 15 heavy (non-hydrogen) atoms. The molecule has 4 heteroatoms. The van der Waals surface area contributed by atoms with Crippen molar-refractivity contribution in [3.63, 3.8) is 0 Å². The van der Waals surface area contributed by atoms with Crippen LogP contribution in [0.1, 0.15) is 27.6 Å². The normalized spacial score (nSPS) is 10.2. The predicted octanol–water partition coefficient (Wildman–Crippen LogP) is 3.49. The second-order valence-electron chi connectivity index (χ2n) is 3.04. The molecule has 0 spiro atoms. The zero-order valence-corrected chi connectivity index (χ0v) is 9.65. The van der Waals surface area contributed by atoms with Crippen LogP contribution in [0.4, 0.5) is 0 Å². The van der Waals surface area contributed by atoms with Crippen molar-refractivity contribution in [1.82, 2.24) is 0 Å². The maximum absolute atomic E-state index is 11.3. The third-order valence-corrected chi connectivity index (χ3v) is 4.08. The van der Waals surface area contributed by atoms with Gasteiger partial charge in [-0.05, 0) is 29.8 Å². The number of hydrogen-bond donors (Lipinski definition) is 0. The summed E-state index contributed by atoms with van der Waals surface area (Å²) in [5, 5.41) is 3.74. The fourth-order valence-electron chi connectivity index (χ4n) is 1.36. The van der Waals surface area contributed by atoms with E-state index in [-0.39, 0.29) is 5.78 Å². The zero-order valence-electron chi connectivity index (χ0n) is 8.02. The van der Waals surface area contributed by atoms with E-state index in [1.165, 1.54) is 22.7 Å². The van der Waals surface area contributed by atoms with Crippen LogP contribution in [0.15, 0.2) is 22.9 Å². The van der Waals surface area contributed by atoms with Gasteiger partial charge in [0.05, 0.1) is 9.75 Å². The highest BCUT2D eigenvalue weighted by molar-refractivity contribution is 7.21. The van der Waals surface area contributed by atoms with Gasteiger partial charge in [0.2, 0.25) is 0 Å². The Bertz CT molecular complexity index is 508. The molecule has 76 valence electrons. The van der Waals surface area contributed by atoms with Crippen LogP contribution in [0.2, 0.25) is 0 Å². The molecular weight excluding hydrogens is 228 g/mol. The lowest BCUT2D eigenvalue weighted by molar-refractivity contribution is 0.101. The number of carbonyl (C=O) groups is 2. The van der Waals surface area contributed by atoms with Gasteiger partial charge in [-0.25, -0.2) is 0 Å². The van der Waals surface area contributed by atoms with Crippen LogP contribution >= 0.6 is 22.7 Å². The molecule has 0 unspecified atom stereocenters. The first kappa shape index (κ1) is 10.3. The fourth-order valence-corrected chi connectivity index (χ4v) is 3.37. The molecule has 0 saturated heterocycles. The molecule has 0 radical (unpaired) electrons. The van der Waals surface area contributed by atoms with Gasteiger partial charge in [0.1, 0.15) is 0 Å². The van der Waals surface area contributed by atoms with Crippen LogP contribution in [0.25, 0.3) is 9.75 Å². The van der Waals surface area contributed by atoms with Crippen LogP contribution in [-0.4, -0.2) is 12.1 Å². The second-order valence-corrected chi connectivity index (χ2v) is 4.87. The van der Waals surface area contributed by atoms with Crippen LogP contribution < -0.4 is 0 Å². The summed E-state index contributed by atoms with van der Waals surface area (Å²) in [7, 11) is 0. The van der Waals surface area contributed by atoms with Crippen molar-refractivity contribution in [3.05, 3.63) is 34.0 Å². The Kier molecular flexibility index (Phi) is 2.79. The summed E-state index contributed by atoms with van der Waals surface area (Å²) < 4.78 is 0. The maximum atomic E-state index is 11.3. The highest BCUT2D eigenvalue weighted by Gasteiger charge is 2.14. The number of rotatable bonds is 3. The van der Waals surface area contributed by atoms with Crippen LogP contribution in [0.5, 0.6) is 0 Å². The summed E-state index contributed by atoms with van der Waals surface area (Å²) in [6.07, 6.45) is 0.829. The van der Waals surface area contributed by atoms with Crippen LogP contribution in [0.3, 0.4) is 0 Å². The standard InChI is InChI=1S/C11H8O2S2/c1-7(13)9-3-5-15-11(9)10-8(6-12)2-4-14-10/h2-6H,1H3. The van der Waals surface area contributed by atoms with Gasteiger partial charge in [0.25, 0.3) is 0 Å². The van der Waals surface area contributed by atoms with Crippen molar-refractivity contribution in [1.29, 1.82) is 0 Å². The predicted molar refractivity (Wildman–Crippen MR) is 63.0 cm³/mol. The molecule has 0 amide bonds. The Hall–Kier alpha value is -1.26. The van der Waals surface area contributed by atoms with Crippen molar-refractivity contribution in [2.75, 3.05) is 0 Å². The Morgan fingerprint density at radius 2 is 1.87 bits per heavy atom. The lowest BCUT2D eigenvalue weighted by Crippen LogP contribution is -1.91. The monoisotopic (exact) mass is 236 g/mol. The Balaban J connectivity index is 2.58. The molecule has 2 aromatic heterocycles. The van der Waals surface area contributed by atoms with Crippen molar-refractivity contribution in [3.8, 4) is 9.75 Å². The average molecular weight is 236 g/mol. The molecule has 2 aromatic rings. The molecule has 0 N–H and O–H groups in total. The van der Waals surface area contributed by atoms with Gasteiger partial charge in [-0.2, -0.15) is 0 Å². The summed E-state index contributed by atoms with van der Waals surface area (Å²) in [5.41, 5.74) is 1.36.